The minimum atomic E-state index is -0.118. The van der Waals surface area contributed by atoms with E-state index in [4.69, 9.17) is 0 Å². The summed E-state index contributed by atoms with van der Waals surface area (Å²) >= 11 is 0. The Kier molecular flexibility index (Phi) is 3.31. The van der Waals surface area contributed by atoms with Crippen molar-refractivity contribution in [1.82, 2.24) is 10.2 Å². The molecule has 0 unspecified atom stereocenters. The lowest BCUT2D eigenvalue weighted by Gasteiger charge is -2.38. The summed E-state index contributed by atoms with van der Waals surface area (Å²) in [6.45, 7) is 5.70. The van der Waals surface area contributed by atoms with Gasteiger partial charge in [0.15, 0.2) is 0 Å². The van der Waals surface area contributed by atoms with Crippen molar-refractivity contribution in [2.45, 2.75) is 39.3 Å². The summed E-state index contributed by atoms with van der Waals surface area (Å²) in [6, 6.07) is 8.41. The van der Waals surface area contributed by atoms with Crippen molar-refractivity contribution >= 4 is 5.91 Å². The molecule has 1 saturated heterocycles. The van der Waals surface area contributed by atoms with Gasteiger partial charge in [0.1, 0.15) is 0 Å². The van der Waals surface area contributed by atoms with Gasteiger partial charge in [-0.2, -0.15) is 0 Å². The van der Waals surface area contributed by atoms with E-state index < -0.39 is 0 Å². The largest absolute Gasteiger partial charge is 0.334 e. The van der Waals surface area contributed by atoms with Crippen molar-refractivity contribution in [3.8, 4) is 0 Å². The van der Waals surface area contributed by atoms with Crippen molar-refractivity contribution in [2.24, 2.45) is 5.41 Å². The Balaban J connectivity index is 1.78. The Morgan fingerprint density at radius 3 is 2.32 bits per heavy atom. The van der Waals surface area contributed by atoms with Gasteiger partial charge in [-0.05, 0) is 43.5 Å². The first-order valence-electron chi connectivity index (χ1n) is 7.32. The Labute approximate surface area is 115 Å². The molecule has 3 nitrogen and oxygen atoms in total. The minimum absolute atomic E-state index is 0.118. The quantitative estimate of drug-likeness (QED) is 0.883. The zero-order chi connectivity index (χ0) is 13.3. The van der Waals surface area contributed by atoms with Crippen molar-refractivity contribution in [1.29, 1.82) is 0 Å². The van der Waals surface area contributed by atoms with Crippen LogP contribution in [0.25, 0.3) is 0 Å². The van der Waals surface area contributed by atoms with Crippen LogP contribution in [-0.2, 0) is 17.9 Å². The first-order valence-corrected chi connectivity index (χ1v) is 7.32. The third kappa shape index (κ3) is 2.16. The third-order valence-corrected chi connectivity index (χ3v) is 4.82. The number of fused-ring (bicyclic) bond motifs is 1. The van der Waals surface area contributed by atoms with Crippen LogP contribution in [0.1, 0.15) is 37.3 Å². The fourth-order valence-electron chi connectivity index (χ4n) is 3.44. The Morgan fingerprint density at radius 1 is 1.21 bits per heavy atom. The number of benzene rings is 1. The molecule has 1 N–H and O–H groups in total. The number of hydrogen-bond donors (Lipinski definition) is 1. The summed E-state index contributed by atoms with van der Waals surface area (Å²) in [4.78, 5) is 15.0. The predicted octanol–water partition coefficient (Wildman–Crippen LogP) is 2.31. The molecule has 1 amide bonds. The van der Waals surface area contributed by atoms with Crippen LogP contribution in [-0.4, -0.2) is 23.9 Å². The second-order valence-electron chi connectivity index (χ2n) is 5.81. The van der Waals surface area contributed by atoms with Gasteiger partial charge in [0.2, 0.25) is 5.91 Å². The van der Waals surface area contributed by atoms with Crippen LogP contribution in [0.3, 0.4) is 0 Å². The Morgan fingerprint density at radius 2 is 1.79 bits per heavy atom. The molecule has 0 radical (unpaired) electrons. The lowest BCUT2D eigenvalue weighted by atomic mass is 9.75. The molecule has 0 aliphatic carbocycles. The zero-order valence-corrected chi connectivity index (χ0v) is 11.6. The molecule has 19 heavy (non-hydrogen) atoms. The first-order chi connectivity index (χ1) is 9.25. The number of nitrogens with zero attached hydrogens (tertiary/aromatic N) is 1. The maximum absolute atomic E-state index is 12.9. The van der Waals surface area contributed by atoms with Gasteiger partial charge in [0, 0.05) is 13.1 Å². The molecule has 1 aromatic carbocycles. The Bertz CT molecular complexity index is 452. The highest BCUT2D eigenvalue weighted by Crippen LogP contribution is 2.37. The van der Waals surface area contributed by atoms with Crippen molar-refractivity contribution < 1.29 is 4.79 Å². The molecule has 0 aromatic heterocycles. The van der Waals surface area contributed by atoms with E-state index in [-0.39, 0.29) is 5.41 Å². The molecule has 3 rings (SSSR count). The highest BCUT2D eigenvalue weighted by molar-refractivity contribution is 5.83. The average molecular weight is 258 g/mol. The number of nitrogens with one attached hydrogen (secondary N) is 1. The Hall–Kier alpha value is -1.35. The van der Waals surface area contributed by atoms with Gasteiger partial charge in [0.05, 0.1) is 5.41 Å². The number of carbonyl (C=O) groups is 1. The second kappa shape index (κ2) is 4.97. The predicted molar refractivity (Wildman–Crippen MR) is 75.5 cm³/mol. The van der Waals surface area contributed by atoms with Gasteiger partial charge >= 0.3 is 0 Å². The van der Waals surface area contributed by atoms with Gasteiger partial charge in [-0.15, -0.1) is 0 Å². The highest BCUT2D eigenvalue weighted by Gasteiger charge is 2.41. The number of carbonyl (C=O) groups excluding carboxylic acids is 1. The summed E-state index contributed by atoms with van der Waals surface area (Å²) < 4.78 is 0. The van der Waals surface area contributed by atoms with Crippen LogP contribution >= 0.6 is 0 Å². The lowest BCUT2D eigenvalue weighted by Crippen LogP contribution is -2.47. The third-order valence-electron chi connectivity index (χ3n) is 4.82. The zero-order valence-electron chi connectivity index (χ0n) is 11.6. The maximum atomic E-state index is 12.9. The molecule has 1 aromatic rings. The van der Waals surface area contributed by atoms with E-state index in [1.165, 1.54) is 11.1 Å². The number of amides is 1. The molecule has 3 heteroatoms. The summed E-state index contributed by atoms with van der Waals surface area (Å²) in [5, 5.41) is 3.37. The average Bonchev–Trinajstić information content (AvgIpc) is 2.91. The van der Waals surface area contributed by atoms with E-state index in [0.717, 1.165) is 45.4 Å². The number of piperidine rings is 1. The topological polar surface area (TPSA) is 32.3 Å². The number of hydrogen-bond acceptors (Lipinski definition) is 2. The van der Waals surface area contributed by atoms with Crippen LogP contribution in [0.2, 0.25) is 0 Å². The molecule has 1 fully saturated rings. The van der Waals surface area contributed by atoms with Crippen LogP contribution in [0.15, 0.2) is 24.3 Å². The van der Waals surface area contributed by atoms with Gasteiger partial charge in [-0.1, -0.05) is 31.2 Å². The molecule has 0 saturated carbocycles. The second-order valence-corrected chi connectivity index (χ2v) is 5.81. The van der Waals surface area contributed by atoms with Gasteiger partial charge in [-0.3, -0.25) is 4.79 Å². The summed E-state index contributed by atoms with van der Waals surface area (Å²) in [5.41, 5.74) is 2.51. The molecule has 0 atom stereocenters. The van der Waals surface area contributed by atoms with E-state index in [2.05, 4.69) is 41.4 Å². The normalized spacial score (nSPS) is 21.2. The highest BCUT2D eigenvalue weighted by atomic mass is 16.2. The molecular formula is C16H22N2O. The lowest BCUT2D eigenvalue weighted by molar-refractivity contribution is -0.144. The van der Waals surface area contributed by atoms with Crippen LogP contribution in [0, 0.1) is 5.41 Å². The summed E-state index contributed by atoms with van der Waals surface area (Å²) in [6.07, 6.45) is 2.92. The molecule has 0 spiro atoms. The van der Waals surface area contributed by atoms with Crippen LogP contribution in [0.5, 0.6) is 0 Å². The van der Waals surface area contributed by atoms with Crippen molar-refractivity contribution in [3.05, 3.63) is 35.4 Å². The molecule has 0 bridgehead atoms. The maximum Gasteiger partial charge on any atom is 0.229 e. The molecule has 2 heterocycles. The van der Waals surface area contributed by atoms with Crippen molar-refractivity contribution in [2.75, 3.05) is 13.1 Å². The molecular weight excluding hydrogens is 236 g/mol. The van der Waals surface area contributed by atoms with Crippen LogP contribution in [0.4, 0.5) is 0 Å². The fraction of sp³-hybridized carbons (Fsp3) is 0.562. The van der Waals surface area contributed by atoms with Crippen molar-refractivity contribution in [3.63, 3.8) is 0 Å². The first kappa shape index (κ1) is 12.7. The molecule has 2 aliphatic rings. The van der Waals surface area contributed by atoms with E-state index in [1.807, 2.05) is 0 Å². The smallest absolute Gasteiger partial charge is 0.229 e. The van der Waals surface area contributed by atoms with Gasteiger partial charge in [0.25, 0.3) is 0 Å². The summed E-state index contributed by atoms with van der Waals surface area (Å²) in [7, 11) is 0. The fourth-order valence-corrected chi connectivity index (χ4v) is 3.44. The van der Waals surface area contributed by atoms with E-state index in [0.29, 0.717) is 5.91 Å². The summed E-state index contributed by atoms with van der Waals surface area (Å²) in [5.74, 6) is 0.368. The molecule has 102 valence electrons. The van der Waals surface area contributed by atoms with Gasteiger partial charge < -0.3 is 10.2 Å². The standard InChI is InChI=1S/C16H22N2O/c1-2-16(7-9-17-10-8-16)15(19)18-11-13-5-3-4-6-14(13)12-18/h3-6,17H,2,7-12H2,1H3. The monoisotopic (exact) mass is 258 g/mol. The van der Waals surface area contributed by atoms with E-state index in [1.54, 1.807) is 0 Å². The van der Waals surface area contributed by atoms with Gasteiger partial charge in [-0.25, -0.2) is 0 Å². The minimum Gasteiger partial charge on any atom is -0.334 e. The molecule has 2 aliphatic heterocycles. The van der Waals surface area contributed by atoms with E-state index in [9.17, 15) is 4.79 Å². The SMILES string of the molecule is CCC1(C(=O)N2Cc3ccccc3C2)CCNCC1. The van der Waals surface area contributed by atoms with E-state index >= 15 is 0 Å². The van der Waals surface area contributed by atoms with Crippen LogP contribution < -0.4 is 5.32 Å². The number of rotatable bonds is 2.